The monoisotopic (exact) mass is 388 g/mol. The fourth-order valence-electron chi connectivity index (χ4n) is 2.96. The molecule has 0 spiro atoms. The van der Waals surface area contributed by atoms with E-state index < -0.39 is 0 Å². The summed E-state index contributed by atoms with van der Waals surface area (Å²) in [4.78, 5) is 16.4. The molecule has 0 aliphatic carbocycles. The minimum Gasteiger partial charge on any atom is -0.369 e. The van der Waals surface area contributed by atoms with Crippen LogP contribution in [0, 0.1) is 5.82 Å². The molecule has 0 bridgehead atoms. The van der Waals surface area contributed by atoms with Crippen molar-refractivity contribution in [2.24, 2.45) is 5.10 Å². The van der Waals surface area contributed by atoms with Gasteiger partial charge in [-0.2, -0.15) is 5.10 Å². The lowest BCUT2D eigenvalue weighted by Crippen LogP contribution is -2.49. The van der Waals surface area contributed by atoms with E-state index in [1.165, 1.54) is 12.1 Å². The molecule has 1 aliphatic rings. The van der Waals surface area contributed by atoms with E-state index in [9.17, 15) is 9.18 Å². The quantitative estimate of drug-likeness (QED) is 0.632. The summed E-state index contributed by atoms with van der Waals surface area (Å²) in [6.07, 6.45) is 0. The highest BCUT2D eigenvalue weighted by atomic mass is 35.5. The van der Waals surface area contributed by atoms with E-state index in [0.717, 1.165) is 43.1 Å². The van der Waals surface area contributed by atoms with Crippen LogP contribution >= 0.6 is 11.6 Å². The zero-order valence-electron chi connectivity index (χ0n) is 15.2. The molecule has 27 heavy (non-hydrogen) atoms. The van der Waals surface area contributed by atoms with E-state index in [1.54, 1.807) is 24.3 Å². The molecule has 0 unspecified atom stereocenters. The van der Waals surface area contributed by atoms with Gasteiger partial charge in [0.1, 0.15) is 5.82 Å². The number of rotatable bonds is 5. The van der Waals surface area contributed by atoms with E-state index in [2.05, 4.69) is 20.3 Å². The van der Waals surface area contributed by atoms with Gasteiger partial charge in [-0.3, -0.25) is 9.69 Å². The van der Waals surface area contributed by atoms with Gasteiger partial charge in [0.15, 0.2) is 0 Å². The number of carbonyl (C=O) groups is 1. The Bertz CT molecular complexity index is 800. The first-order chi connectivity index (χ1) is 13.0. The highest BCUT2D eigenvalue weighted by Crippen LogP contribution is 2.16. The number of amides is 1. The molecule has 3 rings (SSSR count). The molecule has 1 saturated heterocycles. The highest BCUT2D eigenvalue weighted by molar-refractivity contribution is 6.30. The van der Waals surface area contributed by atoms with Gasteiger partial charge in [0.25, 0.3) is 5.91 Å². The van der Waals surface area contributed by atoms with Crippen LogP contribution in [-0.2, 0) is 4.79 Å². The third-order valence-corrected chi connectivity index (χ3v) is 4.79. The summed E-state index contributed by atoms with van der Waals surface area (Å²) in [7, 11) is 0. The predicted octanol–water partition coefficient (Wildman–Crippen LogP) is 3.14. The van der Waals surface area contributed by atoms with Crippen LogP contribution in [0.15, 0.2) is 53.6 Å². The summed E-state index contributed by atoms with van der Waals surface area (Å²) >= 11 is 5.87. The van der Waals surface area contributed by atoms with Gasteiger partial charge in [-0.05, 0) is 48.9 Å². The zero-order valence-corrected chi connectivity index (χ0v) is 15.9. The summed E-state index contributed by atoms with van der Waals surface area (Å²) in [5.74, 6) is -0.373. The Labute approximate surface area is 163 Å². The van der Waals surface area contributed by atoms with Crippen LogP contribution in [0.4, 0.5) is 10.1 Å². The van der Waals surface area contributed by atoms with Crippen LogP contribution in [0.1, 0.15) is 12.5 Å². The molecular weight excluding hydrogens is 367 g/mol. The minimum absolute atomic E-state index is 0.140. The first-order valence-corrected chi connectivity index (χ1v) is 9.21. The Morgan fingerprint density at radius 1 is 1.07 bits per heavy atom. The molecule has 0 aromatic heterocycles. The Morgan fingerprint density at radius 2 is 1.70 bits per heavy atom. The SMILES string of the molecule is C/C(=N/NC(=O)CN1CCN(c2ccc(F)cc2)CC1)c1ccc(Cl)cc1. The normalized spacial score (nSPS) is 15.7. The van der Waals surface area contributed by atoms with Crippen molar-refractivity contribution in [1.29, 1.82) is 0 Å². The first kappa shape index (κ1) is 19.3. The standard InChI is InChI=1S/C20H22ClFN4O/c1-15(16-2-4-17(21)5-3-16)23-24-20(27)14-25-10-12-26(13-11-25)19-8-6-18(22)7-9-19/h2-9H,10-14H2,1H3,(H,24,27)/b23-15-. The van der Waals surface area contributed by atoms with E-state index in [-0.39, 0.29) is 11.7 Å². The first-order valence-electron chi connectivity index (χ1n) is 8.83. The van der Waals surface area contributed by atoms with Crippen molar-refractivity contribution < 1.29 is 9.18 Å². The van der Waals surface area contributed by atoms with E-state index >= 15 is 0 Å². The Morgan fingerprint density at radius 3 is 2.33 bits per heavy atom. The molecule has 2 aromatic carbocycles. The van der Waals surface area contributed by atoms with Gasteiger partial charge < -0.3 is 4.90 Å². The average molecular weight is 389 g/mol. The van der Waals surface area contributed by atoms with Crippen molar-refractivity contribution in [2.75, 3.05) is 37.6 Å². The van der Waals surface area contributed by atoms with Gasteiger partial charge >= 0.3 is 0 Å². The number of hydrazone groups is 1. The molecule has 0 saturated carbocycles. The second kappa shape index (κ2) is 8.97. The van der Waals surface area contributed by atoms with Crippen molar-refractivity contribution in [2.45, 2.75) is 6.92 Å². The number of carbonyl (C=O) groups excluding carboxylic acids is 1. The molecule has 7 heteroatoms. The summed E-state index contributed by atoms with van der Waals surface area (Å²) in [6, 6.07) is 13.8. The minimum atomic E-state index is -0.233. The molecular formula is C20H22ClFN4O. The molecule has 5 nitrogen and oxygen atoms in total. The van der Waals surface area contributed by atoms with Crippen LogP contribution < -0.4 is 10.3 Å². The highest BCUT2D eigenvalue weighted by Gasteiger charge is 2.19. The number of hydrogen-bond donors (Lipinski definition) is 1. The van der Waals surface area contributed by atoms with Crippen LogP contribution in [-0.4, -0.2) is 49.2 Å². The number of anilines is 1. The summed E-state index contributed by atoms with van der Waals surface area (Å²) < 4.78 is 13.0. The number of nitrogens with one attached hydrogen (secondary N) is 1. The van der Waals surface area contributed by atoms with Gasteiger partial charge in [0.05, 0.1) is 12.3 Å². The van der Waals surface area contributed by atoms with Crippen LogP contribution in [0.3, 0.4) is 0 Å². The molecule has 1 fully saturated rings. The third kappa shape index (κ3) is 5.52. The fourth-order valence-corrected chi connectivity index (χ4v) is 3.08. The maximum Gasteiger partial charge on any atom is 0.254 e. The van der Waals surface area contributed by atoms with Crippen molar-refractivity contribution in [1.82, 2.24) is 10.3 Å². The Kier molecular flexibility index (Phi) is 6.42. The van der Waals surface area contributed by atoms with Crippen LogP contribution in [0.25, 0.3) is 0 Å². The summed E-state index contributed by atoms with van der Waals surface area (Å²) in [5.41, 5.74) is 5.25. The Balaban J connectivity index is 1.46. The lowest BCUT2D eigenvalue weighted by molar-refractivity contribution is -0.122. The van der Waals surface area contributed by atoms with Gasteiger partial charge in [-0.15, -0.1) is 0 Å². The zero-order chi connectivity index (χ0) is 19.2. The van der Waals surface area contributed by atoms with Gasteiger partial charge in [-0.1, -0.05) is 23.7 Å². The summed E-state index contributed by atoms with van der Waals surface area (Å²) in [5, 5.41) is 4.82. The van der Waals surface area contributed by atoms with E-state index in [4.69, 9.17) is 11.6 Å². The number of benzene rings is 2. The van der Waals surface area contributed by atoms with Gasteiger partial charge in [-0.25, -0.2) is 9.82 Å². The molecule has 142 valence electrons. The smallest absolute Gasteiger partial charge is 0.254 e. The molecule has 0 atom stereocenters. The van der Waals surface area contributed by atoms with Crippen LogP contribution in [0.2, 0.25) is 5.02 Å². The topological polar surface area (TPSA) is 47.9 Å². The molecule has 0 radical (unpaired) electrons. The van der Waals surface area contributed by atoms with E-state index in [0.29, 0.717) is 11.6 Å². The van der Waals surface area contributed by atoms with Crippen molar-refractivity contribution >= 4 is 28.9 Å². The fraction of sp³-hybridized carbons (Fsp3) is 0.300. The molecule has 1 aliphatic heterocycles. The maximum atomic E-state index is 13.0. The number of piperazine rings is 1. The largest absolute Gasteiger partial charge is 0.369 e. The number of hydrogen-bond acceptors (Lipinski definition) is 4. The molecule has 1 heterocycles. The number of halogens is 2. The van der Waals surface area contributed by atoms with Crippen molar-refractivity contribution in [3.63, 3.8) is 0 Å². The van der Waals surface area contributed by atoms with Gasteiger partial charge in [0.2, 0.25) is 0 Å². The molecule has 1 N–H and O–H groups in total. The average Bonchev–Trinajstić information content (AvgIpc) is 2.68. The van der Waals surface area contributed by atoms with E-state index in [1.807, 2.05) is 19.1 Å². The lowest BCUT2D eigenvalue weighted by Gasteiger charge is -2.35. The second-order valence-corrected chi connectivity index (χ2v) is 6.92. The van der Waals surface area contributed by atoms with Crippen molar-refractivity contribution in [3.05, 3.63) is 64.9 Å². The predicted molar refractivity (Wildman–Crippen MR) is 107 cm³/mol. The Hall–Kier alpha value is -2.44. The lowest BCUT2D eigenvalue weighted by atomic mass is 10.1. The van der Waals surface area contributed by atoms with Crippen LogP contribution in [0.5, 0.6) is 0 Å². The number of nitrogens with zero attached hydrogens (tertiary/aromatic N) is 3. The van der Waals surface area contributed by atoms with Crippen molar-refractivity contribution in [3.8, 4) is 0 Å². The molecule has 2 aromatic rings. The summed E-state index contributed by atoms with van der Waals surface area (Å²) in [6.45, 7) is 5.27. The third-order valence-electron chi connectivity index (χ3n) is 4.54. The second-order valence-electron chi connectivity index (χ2n) is 6.48. The van der Waals surface area contributed by atoms with Gasteiger partial charge in [0, 0.05) is 36.9 Å². The maximum absolute atomic E-state index is 13.0. The molecule has 1 amide bonds.